The third kappa shape index (κ3) is 7.14. The second-order valence-corrected chi connectivity index (χ2v) is 7.13. The molecule has 0 saturated heterocycles. The van der Waals surface area contributed by atoms with Crippen molar-refractivity contribution in [2.75, 3.05) is 20.3 Å². The van der Waals surface area contributed by atoms with Crippen molar-refractivity contribution in [1.29, 1.82) is 0 Å². The second kappa shape index (κ2) is 11.1. The Balaban J connectivity index is 2.04. The fourth-order valence-electron chi connectivity index (χ4n) is 2.88. The number of hydrogen-bond donors (Lipinski definition) is 1. The third-order valence-corrected chi connectivity index (χ3v) is 4.50. The lowest BCUT2D eigenvalue weighted by Crippen LogP contribution is -2.51. The Kier molecular flexibility index (Phi) is 8.52. The van der Waals surface area contributed by atoms with E-state index >= 15 is 0 Å². The summed E-state index contributed by atoms with van der Waals surface area (Å²) in [6.45, 7) is 5.83. The van der Waals surface area contributed by atoms with Crippen LogP contribution in [0.5, 0.6) is 11.5 Å². The van der Waals surface area contributed by atoms with Gasteiger partial charge >= 0.3 is 0 Å². The number of nitrogens with one attached hydrogen (secondary N) is 1. The van der Waals surface area contributed by atoms with E-state index in [1.165, 1.54) is 0 Å². The molecule has 29 heavy (non-hydrogen) atoms. The molecule has 2 amide bonds. The maximum atomic E-state index is 12.9. The van der Waals surface area contributed by atoms with Crippen molar-refractivity contribution in [3.63, 3.8) is 0 Å². The molecule has 0 aliphatic carbocycles. The average molecular weight is 399 g/mol. The van der Waals surface area contributed by atoms with Gasteiger partial charge in [-0.05, 0) is 57.0 Å². The minimum Gasteiger partial charge on any atom is -0.497 e. The van der Waals surface area contributed by atoms with Crippen LogP contribution in [0.15, 0.2) is 54.6 Å². The highest BCUT2D eigenvalue weighted by atomic mass is 16.5. The summed E-state index contributed by atoms with van der Waals surface area (Å²) in [5.74, 6) is 0.877. The molecule has 0 unspecified atom stereocenters. The zero-order valence-corrected chi connectivity index (χ0v) is 17.6. The van der Waals surface area contributed by atoms with Crippen molar-refractivity contribution in [3.05, 3.63) is 60.2 Å². The molecule has 0 bridgehead atoms. The van der Waals surface area contributed by atoms with Gasteiger partial charge in [-0.2, -0.15) is 0 Å². The monoisotopic (exact) mass is 398 g/mol. The van der Waals surface area contributed by atoms with Crippen molar-refractivity contribution < 1.29 is 19.1 Å². The van der Waals surface area contributed by atoms with Crippen LogP contribution in [0.3, 0.4) is 0 Å². The number of rotatable bonds is 10. The van der Waals surface area contributed by atoms with Gasteiger partial charge < -0.3 is 19.7 Å². The molecule has 6 nitrogen and oxygen atoms in total. The maximum absolute atomic E-state index is 12.9. The van der Waals surface area contributed by atoms with Crippen LogP contribution in [-0.4, -0.2) is 49.1 Å². The Morgan fingerprint density at radius 2 is 1.59 bits per heavy atom. The summed E-state index contributed by atoms with van der Waals surface area (Å²) in [5, 5.41) is 2.87. The van der Waals surface area contributed by atoms with Crippen molar-refractivity contribution in [1.82, 2.24) is 10.2 Å². The fraction of sp³-hybridized carbons (Fsp3) is 0.391. The van der Waals surface area contributed by atoms with Gasteiger partial charge in [0.1, 0.15) is 17.5 Å². The van der Waals surface area contributed by atoms with Crippen LogP contribution < -0.4 is 14.8 Å². The fourth-order valence-corrected chi connectivity index (χ4v) is 2.88. The first-order valence-electron chi connectivity index (χ1n) is 9.81. The largest absolute Gasteiger partial charge is 0.497 e. The summed E-state index contributed by atoms with van der Waals surface area (Å²) in [4.78, 5) is 27.0. The summed E-state index contributed by atoms with van der Waals surface area (Å²) < 4.78 is 10.8. The molecule has 0 aliphatic rings. The van der Waals surface area contributed by atoms with E-state index in [9.17, 15) is 9.59 Å². The molecule has 156 valence electrons. The van der Waals surface area contributed by atoms with Crippen molar-refractivity contribution in [2.45, 2.75) is 39.3 Å². The molecule has 6 heteroatoms. The molecule has 1 atom stereocenters. The normalized spacial score (nSPS) is 11.6. The van der Waals surface area contributed by atoms with Crippen molar-refractivity contribution in [3.8, 4) is 11.5 Å². The highest BCUT2D eigenvalue weighted by Crippen LogP contribution is 2.17. The molecule has 2 aromatic carbocycles. The van der Waals surface area contributed by atoms with Crippen LogP contribution in [-0.2, 0) is 16.0 Å². The Bertz CT molecular complexity index is 775. The number of nitrogens with zero attached hydrogens (tertiary/aromatic N) is 1. The van der Waals surface area contributed by atoms with Gasteiger partial charge in [-0.25, -0.2) is 0 Å². The highest BCUT2D eigenvalue weighted by molar-refractivity contribution is 5.88. The summed E-state index contributed by atoms with van der Waals surface area (Å²) in [6, 6.07) is 16.3. The Morgan fingerprint density at radius 3 is 2.17 bits per heavy atom. The van der Waals surface area contributed by atoms with E-state index in [1.54, 1.807) is 43.2 Å². The van der Waals surface area contributed by atoms with E-state index in [0.717, 1.165) is 5.56 Å². The van der Waals surface area contributed by atoms with Gasteiger partial charge in [0.2, 0.25) is 5.91 Å². The van der Waals surface area contributed by atoms with Gasteiger partial charge in [-0.1, -0.05) is 30.3 Å². The molecule has 0 saturated carbocycles. The molecule has 0 aromatic heterocycles. The Morgan fingerprint density at radius 1 is 0.966 bits per heavy atom. The van der Waals surface area contributed by atoms with Crippen LogP contribution in [0.2, 0.25) is 0 Å². The minimum atomic E-state index is -0.590. The van der Waals surface area contributed by atoms with Gasteiger partial charge in [0.15, 0.2) is 6.61 Å². The third-order valence-electron chi connectivity index (χ3n) is 4.50. The molecule has 0 fully saturated rings. The van der Waals surface area contributed by atoms with Crippen molar-refractivity contribution >= 4 is 11.8 Å². The number of carbonyl (C=O) groups is 2. The molecule has 0 heterocycles. The van der Waals surface area contributed by atoms with Crippen LogP contribution in [0.25, 0.3) is 0 Å². The number of benzene rings is 2. The molecule has 2 rings (SSSR count). The zero-order chi connectivity index (χ0) is 21.2. The summed E-state index contributed by atoms with van der Waals surface area (Å²) in [6.07, 6.45) is 0.661. The van der Waals surface area contributed by atoms with Crippen molar-refractivity contribution in [2.24, 2.45) is 0 Å². The quantitative estimate of drug-likeness (QED) is 0.668. The van der Waals surface area contributed by atoms with Crippen LogP contribution in [0.4, 0.5) is 0 Å². The SMILES string of the molecule is COc1ccc(OCC(=O)N(CCc2ccccc2)[C@@H](C)C(=O)NC(C)C)cc1. The first-order valence-corrected chi connectivity index (χ1v) is 9.81. The predicted molar refractivity (Wildman–Crippen MR) is 113 cm³/mol. The predicted octanol–water partition coefficient (Wildman–Crippen LogP) is 3.06. The van der Waals surface area contributed by atoms with Gasteiger partial charge in [-0.3, -0.25) is 9.59 Å². The summed E-state index contributed by atoms with van der Waals surface area (Å²) >= 11 is 0. The number of methoxy groups -OCH3 is 1. The molecular weight excluding hydrogens is 368 g/mol. The van der Waals surface area contributed by atoms with Gasteiger partial charge in [-0.15, -0.1) is 0 Å². The lowest BCUT2D eigenvalue weighted by molar-refractivity contribution is -0.141. The lowest BCUT2D eigenvalue weighted by Gasteiger charge is -2.29. The van der Waals surface area contributed by atoms with E-state index in [-0.39, 0.29) is 24.5 Å². The Hall–Kier alpha value is -3.02. The van der Waals surface area contributed by atoms with Gasteiger partial charge in [0.25, 0.3) is 5.91 Å². The molecule has 0 radical (unpaired) electrons. The standard InChI is InChI=1S/C23H30N2O4/c1-17(2)24-23(27)18(3)25(15-14-19-8-6-5-7-9-19)22(26)16-29-21-12-10-20(28-4)11-13-21/h5-13,17-18H,14-16H2,1-4H3,(H,24,27)/t18-/m0/s1. The first-order chi connectivity index (χ1) is 13.9. The number of carbonyl (C=O) groups excluding carboxylic acids is 2. The number of hydrogen-bond acceptors (Lipinski definition) is 4. The first kappa shape index (κ1) is 22.3. The molecule has 0 spiro atoms. The Labute approximate surface area is 172 Å². The number of amides is 2. The molecule has 0 aliphatic heterocycles. The van der Waals surface area contributed by atoms with E-state index in [1.807, 2.05) is 44.2 Å². The second-order valence-electron chi connectivity index (χ2n) is 7.13. The van der Waals surface area contributed by atoms with E-state index in [0.29, 0.717) is 24.5 Å². The smallest absolute Gasteiger partial charge is 0.261 e. The van der Waals surface area contributed by atoms with E-state index < -0.39 is 6.04 Å². The number of ether oxygens (including phenoxy) is 2. The molecular formula is C23H30N2O4. The van der Waals surface area contributed by atoms with E-state index in [2.05, 4.69) is 5.32 Å². The summed E-state index contributed by atoms with van der Waals surface area (Å²) in [7, 11) is 1.59. The maximum Gasteiger partial charge on any atom is 0.261 e. The highest BCUT2D eigenvalue weighted by Gasteiger charge is 2.26. The average Bonchev–Trinajstić information content (AvgIpc) is 2.72. The molecule has 1 N–H and O–H groups in total. The zero-order valence-electron chi connectivity index (χ0n) is 17.6. The minimum absolute atomic E-state index is 0.00609. The lowest BCUT2D eigenvalue weighted by atomic mass is 10.1. The molecule has 2 aromatic rings. The topological polar surface area (TPSA) is 67.9 Å². The van der Waals surface area contributed by atoms with Crippen LogP contribution in [0.1, 0.15) is 26.3 Å². The van der Waals surface area contributed by atoms with E-state index in [4.69, 9.17) is 9.47 Å². The van der Waals surface area contributed by atoms with Gasteiger partial charge in [0.05, 0.1) is 7.11 Å². The van der Waals surface area contributed by atoms with Gasteiger partial charge in [0, 0.05) is 12.6 Å². The summed E-state index contributed by atoms with van der Waals surface area (Å²) in [5.41, 5.74) is 1.11. The van der Waals surface area contributed by atoms with Crippen LogP contribution in [0, 0.1) is 0 Å². The van der Waals surface area contributed by atoms with Crippen LogP contribution >= 0.6 is 0 Å².